The Morgan fingerprint density at radius 1 is 1.40 bits per heavy atom. The van der Waals surface area contributed by atoms with E-state index in [1.54, 1.807) is 11.8 Å². The van der Waals surface area contributed by atoms with Crippen LogP contribution in [0.25, 0.3) is 0 Å². The number of halogens is 1. The van der Waals surface area contributed by atoms with Crippen molar-refractivity contribution in [3.05, 3.63) is 28.8 Å². The summed E-state index contributed by atoms with van der Waals surface area (Å²) in [5.41, 5.74) is 0.747. The zero-order chi connectivity index (χ0) is 11.3. The highest BCUT2D eigenvalue weighted by atomic mass is 35.5. The summed E-state index contributed by atoms with van der Waals surface area (Å²) >= 11 is 7.62. The van der Waals surface area contributed by atoms with Crippen LogP contribution in [0.15, 0.2) is 23.1 Å². The Morgan fingerprint density at radius 2 is 2.13 bits per heavy atom. The largest absolute Gasteiger partial charge is 0.396 e. The third-order valence-corrected chi connectivity index (χ3v) is 3.72. The zero-order valence-electron chi connectivity index (χ0n) is 8.61. The van der Waals surface area contributed by atoms with Gasteiger partial charge in [-0.15, -0.1) is 11.8 Å². The lowest BCUT2D eigenvalue weighted by atomic mass is 10.2. The molecule has 0 aliphatic heterocycles. The smallest absolute Gasteiger partial charge is 0.0696 e. The van der Waals surface area contributed by atoms with E-state index in [4.69, 9.17) is 21.8 Å². The van der Waals surface area contributed by atoms with E-state index in [9.17, 15) is 0 Å². The number of benzene rings is 1. The Balaban J connectivity index is 2.59. The molecule has 1 atom stereocenters. The van der Waals surface area contributed by atoms with Crippen molar-refractivity contribution in [2.24, 2.45) is 5.92 Å². The monoisotopic (exact) mass is 246 g/mol. The van der Waals surface area contributed by atoms with Gasteiger partial charge in [0.05, 0.1) is 6.61 Å². The van der Waals surface area contributed by atoms with Gasteiger partial charge < -0.3 is 10.2 Å². The van der Waals surface area contributed by atoms with Crippen LogP contribution in [-0.2, 0) is 6.61 Å². The van der Waals surface area contributed by atoms with E-state index in [-0.39, 0.29) is 19.1 Å². The molecule has 4 heteroatoms. The number of hydrogen-bond acceptors (Lipinski definition) is 3. The minimum atomic E-state index is -0.0309. The first-order valence-electron chi connectivity index (χ1n) is 4.80. The van der Waals surface area contributed by atoms with Gasteiger partial charge in [0.25, 0.3) is 0 Å². The van der Waals surface area contributed by atoms with Crippen LogP contribution in [0.1, 0.15) is 12.5 Å². The number of rotatable bonds is 5. The quantitative estimate of drug-likeness (QED) is 0.785. The maximum absolute atomic E-state index is 8.94. The Hall–Kier alpha value is -0.220. The van der Waals surface area contributed by atoms with Crippen LogP contribution in [0.3, 0.4) is 0 Å². The van der Waals surface area contributed by atoms with Gasteiger partial charge in [-0.3, -0.25) is 0 Å². The van der Waals surface area contributed by atoms with Crippen molar-refractivity contribution in [3.63, 3.8) is 0 Å². The summed E-state index contributed by atoms with van der Waals surface area (Å²) in [7, 11) is 0. The molecule has 0 aliphatic carbocycles. The molecular weight excluding hydrogens is 232 g/mol. The second-order valence-electron chi connectivity index (χ2n) is 3.51. The van der Waals surface area contributed by atoms with Crippen LogP contribution in [-0.4, -0.2) is 22.6 Å². The SMILES string of the molecule is CC(CO)CSc1ccc(CO)c(Cl)c1. The molecule has 1 unspecified atom stereocenters. The van der Waals surface area contributed by atoms with E-state index < -0.39 is 0 Å². The first-order valence-corrected chi connectivity index (χ1v) is 6.16. The van der Waals surface area contributed by atoms with E-state index >= 15 is 0 Å². The minimum Gasteiger partial charge on any atom is -0.396 e. The molecule has 2 nitrogen and oxygen atoms in total. The number of thioether (sulfide) groups is 1. The van der Waals surface area contributed by atoms with E-state index in [0.29, 0.717) is 5.02 Å². The van der Waals surface area contributed by atoms with Crippen molar-refractivity contribution in [1.29, 1.82) is 0 Å². The van der Waals surface area contributed by atoms with Crippen molar-refractivity contribution < 1.29 is 10.2 Å². The molecule has 0 fully saturated rings. The summed E-state index contributed by atoms with van der Waals surface area (Å²) < 4.78 is 0. The van der Waals surface area contributed by atoms with E-state index in [1.807, 2.05) is 25.1 Å². The lowest BCUT2D eigenvalue weighted by molar-refractivity contribution is 0.250. The number of hydrogen-bond donors (Lipinski definition) is 2. The van der Waals surface area contributed by atoms with Gasteiger partial charge in [-0.2, -0.15) is 0 Å². The first-order chi connectivity index (χ1) is 7.17. The predicted molar refractivity (Wildman–Crippen MR) is 64.3 cm³/mol. The number of aliphatic hydroxyl groups is 2. The molecule has 1 rings (SSSR count). The zero-order valence-corrected chi connectivity index (χ0v) is 10.2. The fourth-order valence-electron chi connectivity index (χ4n) is 1.04. The standard InChI is InChI=1S/C11H15ClO2S/c1-8(5-13)7-15-10-3-2-9(6-14)11(12)4-10/h2-4,8,13-14H,5-7H2,1H3. The molecule has 0 radical (unpaired) electrons. The Bertz CT molecular complexity index is 317. The summed E-state index contributed by atoms with van der Waals surface area (Å²) in [5.74, 6) is 1.15. The maximum atomic E-state index is 8.94. The second kappa shape index (κ2) is 6.38. The van der Waals surface area contributed by atoms with E-state index in [0.717, 1.165) is 16.2 Å². The van der Waals surface area contributed by atoms with Crippen LogP contribution in [0, 0.1) is 5.92 Å². The molecule has 1 aromatic carbocycles. The van der Waals surface area contributed by atoms with Gasteiger partial charge in [0.1, 0.15) is 0 Å². The second-order valence-corrected chi connectivity index (χ2v) is 5.01. The highest BCUT2D eigenvalue weighted by molar-refractivity contribution is 7.99. The van der Waals surface area contributed by atoms with E-state index in [1.165, 1.54) is 0 Å². The van der Waals surface area contributed by atoms with Crippen LogP contribution < -0.4 is 0 Å². The third kappa shape index (κ3) is 4.03. The summed E-state index contributed by atoms with van der Waals surface area (Å²) in [5, 5.41) is 18.4. The Kier molecular flexibility index (Phi) is 5.47. The molecule has 0 saturated heterocycles. The fraction of sp³-hybridized carbons (Fsp3) is 0.455. The van der Waals surface area contributed by atoms with Gasteiger partial charge in [0.2, 0.25) is 0 Å². The molecular formula is C11H15ClO2S. The van der Waals surface area contributed by atoms with Crippen molar-refractivity contribution >= 4 is 23.4 Å². The molecule has 1 aromatic rings. The molecule has 0 heterocycles. The summed E-state index contributed by atoms with van der Waals surface area (Å²) in [6.07, 6.45) is 0. The number of aliphatic hydroxyl groups excluding tert-OH is 2. The van der Waals surface area contributed by atoms with Crippen molar-refractivity contribution in [2.75, 3.05) is 12.4 Å². The van der Waals surface area contributed by atoms with E-state index in [2.05, 4.69) is 0 Å². The minimum absolute atomic E-state index is 0.0309. The van der Waals surface area contributed by atoms with Crippen molar-refractivity contribution in [3.8, 4) is 0 Å². The molecule has 0 amide bonds. The van der Waals surface area contributed by atoms with Gasteiger partial charge in [0, 0.05) is 22.3 Å². The average molecular weight is 247 g/mol. The first kappa shape index (κ1) is 12.8. The van der Waals surface area contributed by atoms with Crippen molar-refractivity contribution in [2.45, 2.75) is 18.4 Å². The summed E-state index contributed by atoms with van der Waals surface area (Å²) in [6, 6.07) is 5.61. The van der Waals surface area contributed by atoms with Crippen LogP contribution in [0.5, 0.6) is 0 Å². The van der Waals surface area contributed by atoms with Gasteiger partial charge in [-0.1, -0.05) is 24.6 Å². The van der Waals surface area contributed by atoms with Gasteiger partial charge in [-0.25, -0.2) is 0 Å². The Labute approximate surface area is 99.3 Å². The van der Waals surface area contributed by atoms with Gasteiger partial charge in [0.15, 0.2) is 0 Å². The topological polar surface area (TPSA) is 40.5 Å². The summed E-state index contributed by atoms with van der Waals surface area (Å²) in [6.45, 7) is 2.17. The molecule has 15 heavy (non-hydrogen) atoms. The molecule has 0 aliphatic rings. The Morgan fingerprint density at radius 3 is 2.67 bits per heavy atom. The van der Waals surface area contributed by atoms with Crippen LogP contribution in [0.4, 0.5) is 0 Å². The maximum Gasteiger partial charge on any atom is 0.0696 e. The lowest BCUT2D eigenvalue weighted by Crippen LogP contribution is -2.03. The predicted octanol–water partition coefficient (Wildman–Crippen LogP) is 2.55. The van der Waals surface area contributed by atoms with Crippen LogP contribution >= 0.6 is 23.4 Å². The molecule has 84 valence electrons. The normalized spacial score (nSPS) is 12.8. The highest BCUT2D eigenvalue weighted by Crippen LogP contribution is 2.26. The van der Waals surface area contributed by atoms with Crippen molar-refractivity contribution in [1.82, 2.24) is 0 Å². The highest BCUT2D eigenvalue weighted by Gasteiger charge is 2.04. The van der Waals surface area contributed by atoms with Gasteiger partial charge >= 0.3 is 0 Å². The molecule has 0 bridgehead atoms. The lowest BCUT2D eigenvalue weighted by Gasteiger charge is -2.08. The van der Waals surface area contributed by atoms with Gasteiger partial charge in [-0.05, 0) is 23.6 Å². The third-order valence-electron chi connectivity index (χ3n) is 2.04. The molecule has 0 saturated carbocycles. The fourth-order valence-corrected chi connectivity index (χ4v) is 2.29. The average Bonchev–Trinajstić information content (AvgIpc) is 2.26. The van der Waals surface area contributed by atoms with Crippen LogP contribution in [0.2, 0.25) is 5.02 Å². The molecule has 0 aromatic heterocycles. The molecule has 2 N–H and O–H groups in total. The summed E-state index contributed by atoms with van der Waals surface area (Å²) in [4.78, 5) is 1.07. The molecule has 0 spiro atoms.